The van der Waals surface area contributed by atoms with Gasteiger partial charge >= 0.3 is 0 Å². The quantitative estimate of drug-likeness (QED) is 0.524. The predicted octanol–water partition coefficient (Wildman–Crippen LogP) is 5.37. The highest BCUT2D eigenvalue weighted by molar-refractivity contribution is 6.30. The second-order valence-electron chi connectivity index (χ2n) is 5.53. The summed E-state index contributed by atoms with van der Waals surface area (Å²) in [6, 6.07) is 8.01. The molecule has 2 nitrogen and oxygen atoms in total. The molecule has 0 bridgehead atoms. The van der Waals surface area contributed by atoms with Crippen molar-refractivity contribution in [2.24, 2.45) is 0 Å². The Bertz CT molecular complexity index is 353. The van der Waals surface area contributed by atoms with E-state index in [4.69, 9.17) is 16.3 Å². The minimum atomic E-state index is 0.125. The van der Waals surface area contributed by atoms with Crippen LogP contribution < -0.4 is 5.32 Å². The van der Waals surface area contributed by atoms with E-state index in [0.29, 0.717) is 0 Å². The van der Waals surface area contributed by atoms with Crippen LogP contribution in [0.5, 0.6) is 0 Å². The summed E-state index contributed by atoms with van der Waals surface area (Å²) in [7, 11) is 0. The van der Waals surface area contributed by atoms with Crippen molar-refractivity contribution < 1.29 is 4.74 Å². The first kappa shape index (κ1) is 18.5. The predicted molar refractivity (Wildman–Crippen MR) is 92.1 cm³/mol. The Kier molecular flexibility index (Phi) is 10.6. The van der Waals surface area contributed by atoms with E-state index in [9.17, 15) is 0 Å². The third-order valence-corrected chi connectivity index (χ3v) is 3.82. The van der Waals surface area contributed by atoms with Crippen molar-refractivity contribution in [3.05, 3.63) is 34.9 Å². The molecule has 0 aromatic heterocycles. The Balaban J connectivity index is 2.39. The Morgan fingerprint density at radius 2 is 1.71 bits per heavy atom. The van der Waals surface area contributed by atoms with E-state index in [1.165, 1.54) is 31.2 Å². The summed E-state index contributed by atoms with van der Waals surface area (Å²) < 4.78 is 6.09. The molecule has 0 radical (unpaired) electrons. The molecule has 120 valence electrons. The topological polar surface area (TPSA) is 21.3 Å². The van der Waals surface area contributed by atoms with E-state index in [-0.39, 0.29) is 6.10 Å². The number of ether oxygens (including phenoxy) is 1. The van der Waals surface area contributed by atoms with Gasteiger partial charge in [0, 0.05) is 18.2 Å². The molecule has 0 aliphatic heterocycles. The van der Waals surface area contributed by atoms with Crippen LogP contribution in [-0.2, 0) is 4.74 Å². The standard InChI is InChI=1S/C18H30ClNO/c1-3-5-6-7-8-14-21-18(15-20-13-4-2)16-9-11-17(19)12-10-16/h9-12,18,20H,3-8,13-15H2,1-2H3. The SMILES string of the molecule is CCCCCCCOC(CNCCC)c1ccc(Cl)cc1. The molecule has 0 saturated heterocycles. The van der Waals surface area contributed by atoms with Gasteiger partial charge in [-0.05, 0) is 37.1 Å². The lowest BCUT2D eigenvalue weighted by Gasteiger charge is -2.19. The summed E-state index contributed by atoms with van der Waals surface area (Å²) in [5.41, 5.74) is 1.21. The molecule has 1 atom stereocenters. The fourth-order valence-corrected chi connectivity index (χ4v) is 2.42. The summed E-state index contributed by atoms with van der Waals surface area (Å²) in [6.45, 7) is 7.16. The monoisotopic (exact) mass is 311 g/mol. The van der Waals surface area contributed by atoms with Gasteiger partial charge in [0.15, 0.2) is 0 Å². The Hall–Kier alpha value is -0.570. The fraction of sp³-hybridized carbons (Fsp3) is 0.667. The van der Waals surface area contributed by atoms with E-state index < -0.39 is 0 Å². The van der Waals surface area contributed by atoms with Crippen LogP contribution in [0.25, 0.3) is 0 Å². The molecule has 0 aliphatic rings. The molecular formula is C18H30ClNO. The van der Waals surface area contributed by atoms with Gasteiger partial charge in [0.2, 0.25) is 0 Å². The first-order chi connectivity index (χ1) is 10.3. The van der Waals surface area contributed by atoms with Crippen LogP contribution in [0.15, 0.2) is 24.3 Å². The smallest absolute Gasteiger partial charge is 0.0949 e. The van der Waals surface area contributed by atoms with Gasteiger partial charge in [0.25, 0.3) is 0 Å². The van der Waals surface area contributed by atoms with Gasteiger partial charge in [-0.1, -0.05) is 63.3 Å². The first-order valence-corrected chi connectivity index (χ1v) is 8.73. The van der Waals surface area contributed by atoms with E-state index in [0.717, 1.165) is 37.6 Å². The summed E-state index contributed by atoms with van der Waals surface area (Å²) in [6.07, 6.45) is 7.62. The average Bonchev–Trinajstić information content (AvgIpc) is 2.50. The summed E-state index contributed by atoms with van der Waals surface area (Å²) in [5.74, 6) is 0. The Morgan fingerprint density at radius 1 is 1.00 bits per heavy atom. The normalized spacial score (nSPS) is 12.5. The van der Waals surface area contributed by atoms with Crippen molar-refractivity contribution >= 4 is 11.6 Å². The average molecular weight is 312 g/mol. The van der Waals surface area contributed by atoms with Gasteiger partial charge in [0.1, 0.15) is 0 Å². The van der Waals surface area contributed by atoms with Crippen molar-refractivity contribution in [3.63, 3.8) is 0 Å². The first-order valence-electron chi connectivity index (χ1n) is 8.35. The van der Waals surface area contributed by atoms with Gasteiger partial charge in [-0.25, -0.2) is 0 Å². The van der Waals surface area contributed by atoms with E-state index in [1.807, 2.05) is 12.1 Å². The number of unbranched alkanes of at least 4 members (excludes halogenated alkanes) is 4. The van der Waals surface area contributed by atoms with E-state index in [1.54, 1.807) is 0 Å². The molecule has 1 unspecified atom stereocenters. The molecule has 0 spiro atoms. The molecule has 1 aromatic rings. The lowest BCUT2D eigenvalue weighted by molar-refractivity contribution is 0.0499. The number of hydrogen-bond acceptors (Lipinski definition) is 2. The van der Waals surface area contributed by atoms with Crippen molar-refractivity contribution in [2.45, 2.75) is 58.5 Å². The lowest BCUT2D eigenvalue weighted by Crippen LogP contribution is -2.24. The van der Waals surface area contributed by atoms with E-state index >= 15 is 0 Å². The van der Waals surface area contributed by atoms with Gasteiger partial charge in [-0.2, -0.15) is 0 Å². The second kappa shape index (κ2) is 12.0. The molecule has 21 heavy (non-hydrogen) atoms. The number of hydrogen-bond donors (Lipinski definition) is 1. The van der Waals surface area contributed by atoms with Gasteiger partial charge in [-0.15, -0.1) is 0 Å². The van der Waals surface area contributed by atoms with Gasteiger partial charge in [-0.3, -0.25) is 0 Å². The molecule has 0 saturated carbocycles. The molecule has 1 N–H and O–H groups in total. The maximum atomic E-state index is 6.09. The number of benzene rings is 1. The summed E-state index contributed by atoms with van der Waals surface area (Å²) in [5, 5.41) is 4.23. The maximum Gasteiger partial charge on any atom is 0.0949 e. The highest BCUT2D eigenvalue weighted by atomic mass is 35.5. The molecule has 0 amide bonds. The molecule has 0 fully saturated rings. The van der Waals surface area contributed by atoms with Crippen molar-refractivity contribution in [3.8, 4) is 0 Å². The van der Waals surface area contributed by atoms with Crippen LogP contribution in [-0.4, -0.2) is 19.7 Å². The van der Waals surface area contributed by atoms with E-state index in [2.05, 4.69) is 31.3 Å². The zero-order valence-electron chi connectivity index (χ0n) is 13.5. The Morgan fingerprint density at radius 3 is 2.38 bits per heavy atom. The lowest BCUT2D eigenvalue weighted by atomic mass is 10.1. The second-order valence-corrected chi connectivity index (χ2v) is 5.97. The number of rotatable bonds is 12. The summed E-state index contributed by atoms with van der Waals surface area (Å²) in [4.78, 5) is 0. The molecular weight excluding hydrogens is 282 g/mol. The molecule has 0 heterocycles. The molecule has 1 aromatic carbocycles. The Labute approximate surface area is 135 Å². The van der Waals surface area contributed by atoms with Crippen LogP contribution in [0, 0.1) is 0 Å². The molecule has 1 rings (SSSR count). The van der Waals surface area contributed by atoms with Crippen LogP contribution in [0.1, 0.15) is 64.0 Å². The largest absolute Gasteiger partial charge is 0.372 e. The number of nitrogens with one attached hydrogen (secondary N) is 1. The fourth-order valence-electron chi connectivity index (χ4n) is 2.29. The minimum Gasteiger partial charge on any atom is -0.372 e. The van der Waals surface area contributed by atoms with Crippen LogP contribution in [0.2, 0.25) is 5.02 Å². The zero-order valence-corrected chi connectivity index (χ0v) is 14.3. The van der Waals surface area contributed by atoms with Crippen molar-refractivity contribution in [1.29, 1.82) is 0 Å². The van der Waals surface area contributed by atoms with Gasteiger partial charge in [0.05, 0.1) is 6.10 Å². The highest BCUT2D eigenvalue weighted by Gasteiger charge is 2.11. The highest BCUT2D eigenvalue weighted by Crippen LogP contribution is 2.20. The van der Waals surface area contributed by atoms with Crippen LogP contribution >= 0.6 is 11.6 Å². The van der Waals surface area contributed by atoms with Crippen molar-refractivity contribution in [2.75, 3.05) is 19.7 Å². The zero-order chi connectivity index (χ0) is 15.3. The molecule has 3 heteroatoms. The maximum absolute atomic E-state index is 6.09. The van der Waals surface area contributed by atoms with Crippen molar-refractivity contribution in [1.82, 2.24) is 5.32 Å². The minimum absolute atomic E-state index is 0.125. The van der Waals surface area contributed by atoms with Crippen LogP contribution in [0.3, 0.4) is 0 Å². The molecule has 0 aliphatic carbocycles. The third kappa shape index (κ3) is 8.45. The third-order valence-electron chi connectivity index (χ3n) is 3.57. The van der Waals surface area contributed by atoms with Crippen LogP contribution in [0.4, 0.5) is 0 Å². The summed E-state index contributed by atoms with van der Waals surface area (Å²) >= 11 is 5.96. The number of halogens is 1. The van der Waals surface area contributed by atoms with Gasteiger partial charge < -0.3 is 10.1 Å².